The fourth-order valence-corrected chi connectivity index (χ4v) is 3.13. The van der Waals surface area contributed by atoms with Crippen molar-refractivity contribution in [3.05, 3.63) is 58.7 Å². The van der Waals surface area contributed by atoms with Gasteiger partial charge in [-0.3, -0.25) is 4.79 Å². The first-order chi connectivity index (χ1) is 13.2. The number of fused-ring (bicyclic) bond motifs is 1. The quantitative estimate of drug-likeness (QED) is 0.684. The van der Waals surface area contributed by atoms with E-state index in [2.05, 4.69) is 15.1 Å². The van der Waals surface area contributed by atoms with Crippen LogP contribution in [0.25, 0.3) is 5.78 Å². The molecule has 1 aliphatic rings. The lowest BCUT2D eigenvalue weighted by Gasteiger charge is -2.21. The fraction of sp³-hybridized carbons (Fsp3) is 0.368. The summed E-state index contributed by atoms with van der Waals surface area (Å²) in [7, 11) is 0. The van der Waals surface area contributed by atoms with E-state index in [1.54, 1.807) is 4.90 Å². The fourth-order valence-electron chi connectivity index (χ4n) is 3.13. The Labute approximate surface area is 159 Å². The van der Waals surface area contributed by atoms with Crippen LogP contribution in [0.1, 0.15) is 46.0 Å². The Bertz CT molecular complexity index is 1040. The lowest BCUT2D eigenvalue weighted by Crippen LogP contribution is -2.33. The Morgan fingerprint density at radius 3 is 2.46 bits per heavy atom. The predicted octanol–water partition coefficient (Wildman–Crippen LogP) is 3.56. The van der Waals surface area contributed by atoms with Crippen LogP contribution in [0.2, 0.25) is 0 Å². The molecule has 6 nitrogen and oxygen atoms in total. The Kier molecular flexibility index (Phi) is 4.32. The van der Waals surface area contributed by atoms with E-state index in [0.29, 0.717) is 11.3 Å². The molecule has 2 heterocycles. The molecule has 0 unspecified atom stereocenters. The third kappa shape index (κ3) is 3.56. The standard InChI is InChI=1S/C19H18F3N5O/c1-11-9-12(2)27-18(23-11)24-16(25-27)17(28)26(15-7-8-15)10-13-3-5-14(6-4-13)19(20,21)22/h3-6,9,15H,7-8,10H2,1-2H3. The van der Waals surface area contributed by atoms with Crippen LogP contribution in [-0.2, 0) is 12.7 Å². The number of nitrogens with zero attached hydrogens (tertiary/aromatic N) is 5. The minimum absolute atomic E-state index is 0.0417. The first kappa shape index (κ1) is 18.4. The average Bonchev–Trinajstić information content (AvgIpc) is 3.37. The SMILES string of the molecule is Cc1cc(C)n2nc(C(=O)N(Cc3ccc(C(F)(F)F)cc3)C3CC3)nc2n1. The smallest absolute Gasteiger partial charge is 0.329 e. The highest BCUT2D eigenvalue weighted by atomic mass is 19.4. The number of benzene rings is 1. The molecular formula is C19H18F3N5O. The molecule has 0 spiro atoms. The van der Waals surface area contributed by atoms with Crippen molar-refractivity contribution in [2.24, 2.45) is 0 Å². The summed E-state index contributed by atoms with van der Waals surface area (Å²) in [6, 6.07) is 6.76. The summed E-state index contributed by atoms with van der Waals surface area (Å²) in [5.41, 5.74) is 1.51. The second-order valence-electron chi connectivity index (χ2n) is 7.05. The summed E-state index contributed by atoms with van der Waals surface area (Å²) in [6.07, 6.45) is -2.67. The summed E-state index contributed by atoms with van der Waals surface area (Å²) in [6.45, 7) is 3.90. The zero-order valence-electron chi connectivity index (χ0n) is 15.4. The van der Waals surface area contributed by atoms with Crippen molar-refractivity contribution in [3.63, 3.8) is 0 Å². The molecule has 2 aromatic heterocycles. The van der Waals surface area contributed by atoms with Crippen molar-refractivity contribution in [2.45, 2.75) is 45.5 Å². The maximum atomic E-state index is 13.0. The van der Waals surface area contributed by atoms with Crippen LogP contribution < -0.4 is 0 Å². The Morgan fingerprint density at radius 2 is 1.86 bits per heavy atom. The van der Waals surface area contributed by atoms with Crippen LogP contribution in [-0.4, -0.2) is 36.4 Å². The second kappa shape index (κ2) is 6.57. The molecule has 0 N–H and O–H groups in total. The van der Waals surface area contributed by atoms with E-state index in [9.17, 15) is 18.0 Å². The average molecular weight is 389 g/mol. The molecule has 146 valence electrons. The second-order valence-corrected chi connectivity index (χ2v) is 7.05. The van der Waals surface area contributed by atoms with Gasteiger partial charge in [0.1, 0.15) is 0 Å². The summed E-state index contributed by atoms with van der Waals surface area (Å²) >= 11 is 0. The molecule has 0 atom stereocenters. The molecule has 1 saturated carbocycles. The van der Waals surface area contributed by atoms with E-state index in [1.165, 1.54) is 16.6 Å². The zero-order valence-corrected chi connectivity index (χ0v) is 15.4. The molecule has 4 rings (SSSR count). The molecule has 3 aromatic rings. The van der Waals surface area contributed by atoms with Gasteiger partial charge in [0.25, 0.3) is 11.7 Å². The normalized spacial score (nSPS) is 14.5. The van der Waals surface area contributed by atoms with Crippen LogP contribution in [0.15, 0.2) is 30.3 Å². The summed E-state index contributed by atoms with van der Waals surface area (Å²) < 4.78 is 39.7. The van der Waals surface area contributed by atoms with Gasteiger partial charge in [-0.25, -0.2) is 9.50 Å². The molecular weight excluding hydrogens is 371 g/mol. The maximum absolute atomic E-state index is 13.0. The van der Waals surface area contributed by atoms with Crippen molar-refractivity contribution in [1.29, 1.82) is 0 Å². The van der Waals surface area contributed by atoms with Crippen LogP contribution in [0.5, 0.6) is 0 Å². The molecule has 0 saturated heterocycles. The minimum atomic E-state index is -4.38. The van der Waals surface area contributed by atoms with Gasteiger partial charge in [-0.1, -0.05) is 12.1 Å². The highest BCUT2D eigenvalue weighted by Crippen LogP contribution is 2.31. The molecule has 28 heavy (non-hydrogen) atoms. The summed E-state index contributed by atoms with van der Waals surface area (Å²) in [4.78, 5) is 23.2. The van der Waals surface area contributed by atoms with E-state index in [-0.39, 0.29) is 24.3 Å². The Morgan fingerprint density at radius 1 is 1.18 bits per heavy atom. The van der Waals surface area contributed by atoms with E-state index >= 15 is 0 Å². The number of hydrogen-bond acceptors (Lipinski definition) is 4. The number of aromatic nitrogens is 4. The number of halogens is 3. The summed E-state index contributed by atoms with van der Waals surface area (Å²) in [5.74, 6) is 0.0519. The molecule has 0 bridgehead atoms. The lowest BCUT2D eigenvalue weighted by atomic mass is 10.1. The van der Waals surface area contributed by atoms with Gasteiger partial charge in [0.15, 0.2) is 0 Å². The molecule has 9 heteroatoms. The molecule has 0 radical (unpaired) electrons. The Hall–Kier alpha value is -2.97. The van der Waals surface area contributed by atoms with Gasteiger partial charge in [0.2, 0.25) is 5.82 Å². The third-order valence-electron chi connectivity index (χ3n) is 4.69. The van der Waals surface area contributed by atoms with Gasteiger partial charge in [-0.2, -0.15) is 18.2 Å². The molecule has 1 aromatic carbocycles. The van der Waals surface area contributed by atoms with Crippen LogP contribution in [0, 0.1) is 13.8 Å². The number of rotatable bonds is 4. The number of aryl methyl sites for hydroxylation is 2. The Balaban J connectivity index is 1.60. The third-order valence-corrected chi connectivity index (χ3v) is 4.69. The predicted molar refractivity (Wildman–Crippen MR) is 94.6 cm³/mol. The molecule has 1 fully saturated rings. The highest BCUT2D eigenvalue weighted by Gasteiger charge is 2.35. The largest absolute Gasteiger partial charge is 0.416 e. The number of carbonyl (C=O) groups excluding carboxylic acids is 1. The molecule has 1 aliphatic carbocycles. The first-order valence-corrected chi connectivity index (χ1v) is 8.90. The van der Waals surface area contributed by atoms with Gasteiger partial charge in [0.05, 0.1) is 5.56 Å². The first-order valence-electron chi connectivity index (χ1n) is 8.90. The van der Waals surface area contributed by atoms with Crippen molar-refractivity contribution < 1.29 is 18.0 Å². The van der Waals surface area contributed by atoms with Crippen molar-refractivity contribution >= 4 is 11.7 Å². The van der Waals surface area contributed by atoms with Crippen LogP contribution in [0.3, 0.4) is 0 Å². The van der Waals surface area contributed by atoms with Gasteiger partial charge in [0, 0.05) is 24.0 Å². The van der Waals surface area contributed by atoms with Crippen molar-refractivity contribution in [3.8, 4) is 0 Å². The van der Waals surface area contributed by atoms with Crippen molar-refractivity contribution in [1.82, 2.24) is 24.5 Å². The van der Waals surface area contributed by atoms with Crippen LogP contribution in [0.4, 0.5) is 13.2 Å². The minimum Gasteiger partial charge on any atom is -0.329 e. The lowest BCUT2D eigenvalue weighted by molar-refractivity contribution is -0.137. The van der Waals surface area contributed by atoms with Crippen molar-refractivity contribution in [2.75, 3.05) is 0 Å². The number of amides is 1. The monoisotopic (exact) mass is 389 g/mol. The number of alkyl halides is 3. The number of hydrogen-bond donors (Lipinski definition) is 0. The van der Waals surface area contributed by atoms with Gasteiger partial charge < -0.3 is 4.90 Å². The number of carbonyl (C=O) groups is 1. The zero-order chi connectivity index (χ0) is 20.1. The van der Waals surface area contributed by atoms with E-state index < -0.39 is 11.7 Å². The van der Waals surface area contributed by atoms with Gasteiger partial charge in [-0.05, 0) is 50.5 Å². The van der Waals surface area contributed by atoms with E-state index in [1.807, 2.05) is 19.9 Å². The maximum Gasteiger partial charge on any atom is 0.416 e. The topological polar surface area (TPSA) is 63.4 Å². The summed E-state index contributed by atoms with van der Waals surface area (Å²) in [5, 5.41) is 4.28. The van der Waals surface area contributed by atoms with Crippen LogP contribution >= 0.6 is 0 Å². The molecule has 0 aliphatic heterocycles. The van der Waals surface area contributed by atoms with E-state index in [0.717, 1.165) is 36.4 Å². The van der Waals surface area contributed by atoms with Gasteiger partial charge in [-0.15, -0.1) is 5.10 Å². The van der Waals surface area contributed by atoms with Gasteiger partial charge >= 0.3 is 6.18 Å². The highest BCUT2D eigenvalue weighted by molar-refractivity contribution is 5.91. The molecule has 1 amide bonds. The van der Waals surface area contributed by atoms with E-state index in [4.69, 9.17) is 0 Å².